The molecule has 0 saturated carbocycles. The molecule has 1 aromatic rings. The van der Waals surface area contributed by atoms with Gasteiger partial charge in [-0.3, -0.25) is 9.59 Å². The molecule has 0 bridgehead atoms. The van der Waals surface area contributed by atoms with E-state index in [1.54, 1.807) is 19.9 Å². The van der Waals surface area contributed by atoms with Gasteiger partial charge < -0.3 is 15.2 Å². The lowest BCUT2D eigenvalue weighted by Gasteiger charge is -2.36. The number of carbonyl (C=O) groups is 2. The molecular weight excluding hydrogens is 348 g/mol. The van der Waals surface area contributed by atoms with Crippen molar-refractivity contribution in [2.75, 3.05) is 13.2 Å². The molecule has 1 amide bonds. The molecular formula is C16H22N2O6S. The van der Waals surface area contributed by atoms with E-state index in [9.17, 15) is 18.0 Å². The number of hydrogen-bond acceptors (Lipinski definition) is 5. The van der Waals surface area contributed by atoms with Gasteiger partial charge in [-0.2, -0.15) is 0 Å². The Morgan fingerprint density at radius 3 is 2.40 bits per heavy atom. The Kier molecular flexibility index (Phi) is 5.50. The van der Waals surface area contributed by atoms with Crippen LogP contribution in [0.3, 0.4) is 0 Å². The van der Waals surface area contributed by atoms with Crippen LogP contribution in [0.4, 0.5) is 0 Å². The van der Waals surface area contributed by atoms with Crippen LogP contribution in [0.1, 0.15) is 40.7 Å². The summed E-state index contributed by atoms with van der Waals surface area (Å²) in [5.41, 5.74) is 0.298. The number of ether oxygens (including phenoxy) is 1. The van der Waals surface area contributed by atoms with Gasteiger partial charge in [0.25, 0.3) is 5.91 Å². The van der Waals surface area contributed by atoms with Crippen molar-refractivity contribution < 1.29 is 27.9 Å². The second kappa shape index (κ2) is 7.11. The van der Waals surface area contributed by atoms with Crippen LogP contribution in [0, 0.1) is 13.8 Å². The van der Waals surface area contributed by atoms with Crippen LogP contribution in [-0.2, 0) is 19.6 Å². The number of carbonyl (C=O) groups excluding carboxylic acids is 1. The molecule has 4 N–H and O–H groups in total. The molecule has 0 atom stereocenters. The monoisotopic (exact) mass is 370 g/mol. The van der Waals surface area contributed by atoms with Gasteiger partial charge in [-0.15, -0.1) is 0 Å². The van der Waals surface area contributed by atoms with Gasteiger partial charge in [-0.05, 0) is 49.9 Å². The summed E-state index contributed by atoms with van der Waals surface area (Å²) in [6, 6.07) is 2.79. The van der Waals surface area contributed by atoms with Crippen LogP contribution in [0.15, 0.2) is 17.0 Å². The van der Waals surface area contributed by atoms with Crippen molar-refractivity contribution in [2.24, 2.45) is 5.14 Å². The molecule has 1 heterocycles. The van der Waals surface area contributed by atoms with E-state index in [1.165, 1.54) is 6.07 Å². The summed E-state index contributed by atoms with van der Waals surface area (Å²) in [6.07, 6.45) is 0.519. The van der Waals surface area contributed by atoms with Crippen LogP contribution < -0.4 is 10.5 Å². The highest BCUT2D eigenvalue weighted by molar-refractivity contribution is 7.89. The average molecular weight is 370 g/mol. The second-order valence-corrected chi connectivity index (χ2v) is 7.91. The number of carboxylic acids is 1. The van der Waals surface area contributed by atoms with E-state index in [-0.39, 0.29) is 16.9 Å². The number of amides is 1. The molecule has 0 aliphatic carbocycles. The van der Waals surface area contributed by atoms with E-state index in [1.807, 2.05) is 0 Å². The maximum atomic E-state index is 12.7. The minimum absolute atomic E-state index is 0.114. The van der Waals surface area contributed by atoms with Crippen LogP contribution >= 0.6 is 0 Å². The van der Waals surface area contributed by atoms with Gasteiger partial charge in [-0.25, -0.2) is 13.6 Å². The van der Waals surface area contributed by atoms with Crippen molar-refractivity contribution in [1.29, 1.82) is 0 Å². The molecule has 0 unspecified atom stereocenters. The predicted molar refractivity (Wildman–Crippen MR) is 89.8 cm³/mol. The van der Waals surface area contributed by atoms with E-state index in [4.69, 9.17) is 15.0 Å². The largest absolute Gasteiger partial charge is 0.481 e. The number of aryl methyl sites for hydroxylation is 1. The van der Waals surface area contributed by atoms with Crippen LogP contribution in [0.5, 0.6) is 0 Å². The van der Waals surface area contributed by atoms with Crippen molar-refractivity contribution in [3.8, 4) is 0 Å². The summed E-state index contributed by atoms with van der Waals surface area (Å²) >= 11 is 0. The van der Waals surface area contributed by atoms with Gasteiger partial charge in [0, 0.05) is 18.8 Å². The Balaban J connectivity index is 2.36. The number of aliphatic carboxylic acids is 1. The summed E-state index contributed by atoms with van der Waals surface area (Å²) in [7, 11) is -3.97. The van der Waals surface area contributed by atoms with E-state index >= 15 is 0 Å². The second-order valence-electron chi connectivity index (χ2n) is 6.38. The lowest BCUT2D eigenvalue weighted by atomic mass is 9.86. The summed E-state index contributed by atoms with van der Waals surface area (Å²) in [6.45, 7) is 4.00. The number of carboxylic acid groups (broad SMARTS) is 1. The number of hydrogen-bond donors (Lipinski definition) is 3. The summed E-state index contributed by atoms with van der Waals surface area (Å²) in [5.74, 6) is -1.55. The lowest BCUT2D eigenvalue weighted by molar-refractivity contribution is -0.139. The highest BCUT2D eigenvalue weighted by Crippen LogP contribution is 2.26. The highest BCUT2D eigenvalue weighted by Gasteiger charge is 2.36. The van der Waals surface area contributed by atoms with Gasteiger partial charge in [0.2, 0.25) is 10.0 Å². The molecule has 0 aromatic heterocycles. The van der Waals surface area contributed by atoms with Gasteiger partial charge >= 0.3 is 5.97 Å². The molecule has 1 saturated heterocycles. The number of nitrogens with one attached hydrogen (secondary N) is 1. The Bertz CT molecular complexity index is 797. The molecule has 25 heavy (non-hydrogen) atoms. The first-order chi connectivity index (χ1) is 11.5. The van der Waals surface area contributed by atoms with Crippen LogP contribution in [-0.4, -0.2) is 44.2 Å². The summed E-state index contributed by atoms with van der Waals surface area (Å²) in [5, 5.41) is 17.1. The fourth-order valence-electron chi connectivity index (χ4n) is 2.96. The smallest absolute Gasteiger partial charge is 0.305 e. The highest BCUT2D eigenvalue weighted by atomic mass is 32.2. The zero-order chi connectivity index (χ0) is 18.8. The minimum Gasteiger partial charge on any atom is -0.481 e. The first kappa shape index (κ1) is 19.4. The van der Waals surface area contributed by atoms with Crippen molar-refractivity contribution in [1.82, 2.24) is 5.32 Å². The van der Waals surface area contributed by atoms with Crippen molar-refractivity contribution >= 4 is 21.9 Å². The molecule has 9 heteroatoms. The van der Waals surface area contributed by atoms with Gasteiger partial charge in [-0.1, -0.05) is 0 Å². The number of rotatable bonds is 5. The van der Waals surface area contributed by atoms with Crippen molar-refractivity contribution in [2.45, 2.75) is 43.5 Å². The topological polar surface area (TPSA) is 136 Å². The molecule has 2 rings (SSSR count). The molecule has 8 nitrogen and oxygen atoms in total. The fourth-order valence-corrected chi connectivity index (χ4v) is 3.84. The lowest BCUT2D eigenvalue weighted by Crippen LogP contribution is -2.53. The number of benzene rings is 1. The van der Waals surface area contributed by atoms with E-state index in [0.29, 0.717) is 37.2 Å². The Morgan fingerprint density at radius 1 is 1.28 bits per heavy atom. The van der Waals surface area contributed by atoms with E-state index < -0.39 is 27.4 Å². The molecule has 0 radical (unpaired) electrons. The van der Waals surface area contributed by atoms with Gasteiger partial charge in [0.05, 0.1) is 16.9 Å². The maximum absolute atomic E-state index is 12.7. The normalized spacial score (nSPS) is 17.1. The van der Waals surface area contributed by atoms with Crippen LogP contribution in [0.2, 0.25) is 0 Å². The number of primary sulfonamides is 1. The molecule has 0 spiro atoms. The maximum Gasteiger partial charge on any atom is 0.305 e. The summed E-state index contributed by atoms with van der Waals surface area (Å²) < 4.78 is 28.7. The minimum atomic E-state index is -3.97. The Labute approximate surface area is 146 Å². The zero-order valence-electron chi connectivity index (χ0n) is 14.2. The predicted octanol–water partition coefficient (Wildman–Crippen LogP) is 0.705. The third-order valence-electron chi connectivity index (χ3n) is 4.51. The van der Waals surface area contributed by atoms with Gasteiger partial charge in [0.15, 0.2) is 0 Å². The van der Waals surface area contributed by atoms with E-state index in [0.717, 1.165) is 0 Å². The SMILES string of the molecule is Cc1cc(C(=O)NC2(CC(=O)O)CCOCC2)cc(S(N)(=O)=O)c1C. The fraction of sp³-hybridized carbons (Fsp3) is 0.500. The third-order valence-corrected chi connectivity index (χ3v) is 5.54. The van der Waals surface area contributed by atoms with E-state index in [2.05, 4.69) is 5.32 Å². The van der Waals surface area contributed by atoms with Crippen molar-refractivity contribution in [3.05, 3.63) is 28.8 Å². The van der Waals surface area contributed by atoms with Crippen molar-refractivity contribution in [3.63, 3.8) is 0 Å². The number of sulfonamides is 1. The Morgan fingerprint density at radius 2 is 1.88 bits per heavy atom. The number of nitrogens with two attached hydrogens (primary N) is 1. The molecule has 1 fully saturated rings. The quantitative estimate of drug-likeness (QED) is 0.698. The first-order valence-corrected chi connectivity index (χ1v) is 9.35. The average Bonchev–Trinajstić information content (AvgIpc) is 2.48. The third kappa shape index (κ3) is 4.56. The summed E-state index contributed by atoms with van der Waals surface area (Å²) in [4.78, 5) is 23.7. The molecule has 1 aliphatic rings. The zero-order valence-corrected chi connectivity index (χ0v) is 15.0. The van der Waals surface area contributed by atoms with Gasteiger partial charge in [0.1, 0.15) is 0 Å². The first-order valence-electron chi connectivity index (χ1n) is 7.80. The molecule has 138 valence electrons. The molecule has 1 aliphatic heterocycles. The Hall–Kier alpha value is -1.97. The molecule has 1 aromatic carbocycles. The standard InChI is InChI=1S/C16H22N2O6S/c1-10-7-12(8-13(11(10)2)25(17,22)23)15(21)18-16(9-14(19)20)3-5-24-6-4-16/h7-8H,3-6,9H2,1-2H3,(H,18,21)(H,19,20)(H2,17,22,23). The van der Waals surface area contributed by atoms with Crippen LogP contribution in [0.25, 0.3) is 0 Å².